The van der Waals surface area contributed by atoms with E-state index < -0.39 is 17.7 Å². The van der Waals surface area contributed by atoms with Gasteiger partial charge in [-0.1, -0.05) is 37.3 Å². The third kappa shape index (κ3) is 2.76. The third-order valence-corrected chi connectivity index (χ3v) is 5.18. The highest BCUT2D eigenvalue weighted by Gasteiger charge is 2.43. The lowest BCUT2D eigenvalue weighted by atomic mass is 9.92. The summed E-state index contributed by atoms with van der Waals surface area (Å²) in [6.07, 6.45) is 0.252. The van der Waals surface area contributed by atoms with Gasteiger partial charge in [-0.05, 0) is 29.5 Å². The molecule has 1 atom stereocenters. The van der Waals surface area contributed by atoms with E-state index in [2.05, 4.69) is 0 Å². The van der Waals surface area contributed by atoms with Crippen molar-refractivity contribution in [1.29, 1.82) is 0 Å². The zero-order valence-corrected chi connectivity index (χ0v) is 14.5. The molecule has 2 aromatic rings. The van der Waals surface area contributed by atoms with Crippen LogP contribution in [-0.4, -0.2) is 21.7 Å². The Kier molecular flexibility index (Phi) is 4.53. The largest absolute Gasteiger partial charge is 0.503 e. The van der Waals surface area contributed by atoms with Crippen molar-refractivity contribution in [1.82, 2.24) is 4.90 Å². The van der Waals surface area contributed by atoms with Gasteiger partial charge < -0.3 is 10.0 Å². The molecule has 24 heavy (non-hydrogen) atoms. The van der Waals surface area contributed by atoms with Crippen LogP contribution in [0.1, 0.15) is 35.4 Å². The molecule has 1 aliphatic rings. The Morgan fingerprint density at radius 3 is 2.62 bits per heavy atom. The molecule has 0 saturated carbocycles. The summed E-state index contributed by atoms with van der Waals surface area (Å²) in [4.78, 5) is 27.7. The Morgan fingerprint density at radius 2 is 2.00 bits per heavy atom. The number of aliphatic hydroxyl groups excluding tert-OH is 1. The van der Waals surface area contributed by atoms with E-state index in [0.717, 1.165) is 16.0 Å². The first-order valence-electron chi connectivity index (χ1n) is 7.89. The van der Waals surface area contributed by atoms with Gasteiger partial charge in [0.1, 0.15) is 0 Å². The topological polar surface area (TPSA) is 57.6 Å². The van der Waals surface area contributed by atoms with Crippen LogP contribution in [0.25, 0.3) is 0 Å². The lowest BCUT2D eigenvalue weighted by molar-refractivity contribution is -0.130. The molecule has 1 unspecified atom stereocenters. The van der Waals surface area contributed by atoms with Crippen molar-refractivity contribution in [3.8, 4) is 0 Å². The maximum absolute atomic E-state index is 12.6. The number of aliphatic hydroxyl groups is 1. The maximum atomic E-state index is 12.6. The van der Waals surface area contributed by atoms with Crippen molar-refractivity contribution < 1.29 is 14.7 Å². The zero-order valence-electron chi connectivity index (χ0n) is 13.7. The number of hydrogen-bond donors (Lipinski definition) is 1. The lowest BCUT2D eigenvalue weighted by Crippen LogP contribution is -2.30. The molecule has 0 bridgehead atoms. The summed E-state index contributed by atoms with van der Waals surface area (Å²) in [6, 6.07) is 11.0. The van der Waals surface area contributed by atoms with Gasteiger partial charge in [-0.25, -0.2) is 0 Å². The van der Waals surface area contributed by atoms with Crippen LogP contribution in [0.2, 0.25) is 0 Å². The number of carbonyl (C=O) groups is 2. The minimum atomic E-state index is -0.534. The van der Waals surface area contributed by atoms with E-state index in [9.17, 15) is 14.7 Å². The van der Waals surface area contributed by atoms with Crippen molar-refractivity contribution >= 4 is 23.0 Å². The van der Waals surface area contributed by atoms with Gasteiger partial charge >= 0.3 is 0 Å². The molecule has 0 radical (unpaired) electrons. The van der Waals surface area contributed by atoms with Crippen LogP contribution in [0.3, 0.4) is 0 Å². The monoisotopic (exact) mass is 341 g/mol. The summed E-state index contributed by atoms with van der Waals surface area (Å²) >= 11 is 1.55. The number of rotatable bonds is 5. The maximum Gasteiger partial charge on any atom is 0.290 e. The highest BCUT2D eigenvalue weighted by molar-refractivity contribution is 7.09. The number of carbonyl (C=O) groups excluding carboxylic acids is 2. The summed E-state index contributed by atoms with van der Waals surface area (Å²) in [6.45, 7) is 4.07. The Balaban J connectivity index is 2.10. The van der Waals surface area contributed by atoms with Crippen molar-refractivity contribution in [2.75, 3.05) is 0 Å². The number of amides is 1. The molecular formula is C19H19NO3S. The van der Waals surface area contributed by atoms with Crippen LogP contribution >= 0.6 is 11.3 Å². The number of hydrogen-bond acceptors (Lipinski definition) is 4. The molecule has 1 amide bonds. The quantitative estimate of drug-likeness (QED) is 0.896. The standard InChI is InChI=1S/C19H19NO3S/c1-3-15(21)16-17(14-9-5-4-7-12(14)2)20(19(23)18(16)22)11-13-8-6-10-24-13/h4-10,17,22H,3,11H2,1-2H3. The SMILES string of the molecule is CCC(=O)C1=C(O)C(=O)N(Cc2cccs2)C1c1ccccc1C. The molecule has 3 rings (SSSR count). The Bertz CT molecular complexity index is 808. The van der Waals surface area contributed by atoms with Gasteiger partial charge in [0.05, 0.1) is 18.2 Å². The summed E-state index contributed by atoms with van der Waals surface area (Å²) in [5.74, 6) is -1.08. The molecule has 1 aromatic carbocycles. The van der Waals surface area contributed by atoms with Gasteiger partial charge in [-0.2, -0.15) is 0 Å². The molecule has 124 valence electrons. The lowest BCUT2D eigenvalue weighted by Gasteiger charge is -2.27. The second-order valence-electron chi connectivity index (χ2n) is 5.81. The van der Waals surface area contributed by atoms with Gasteiger partial charge in [0.2, 0.25) is 0 Å². The number of benzene rings is 1. The predicted molar refractivity (Wildman–Crippen MR) is 93.7 cm³/mol. The van der Waals surface area contributed by atoms with E-state index in [1.165, 1.54) is 0 Å². The molecule has 0 spiro atoms. The average molecular weight is 341 g/mol. The van der Waals surface area contributed by atoms with Gasteiger partial charge in [-0.15, -0.1) is 11.3 Å². The predicted octanol–water partition coefficient (Wildman–Crippen LogP) is 3.93. The highest BCUT2D eigenvalue weighted by atomic mass is 32.1. The van der Waals surface area contributed by atoms with Gasteiger partial charge in [-0.3, -0.25) is 9.59 Å². The summed E-state index contributed by atoms with van der Waals surface area (Å²) in [7, 11) is 0. The molecule has 5 heteroatoms. The number of aryl methyl sites for hydroxylation is 1. The van der Waals surface area contributed by atoms with Gasteiger partial charge in [0, 0.05) is 11.3 Å². The second kappa shape index (κ2) is 6.61. The summed E-state index contributed by atoms with van der Waals surface area (Å²) < 4.78 is 0. The molecule has 0 fully saturated rings. The smallest absolute Gasteiger partial charge is 0.290 e. The fourth-order valence-corrected chi connectivity index (χ4v) is 3.78. The molecule has 1 aliphatic heterocycles. The summed E-state index contributed by atoms with van der Waals surface area (Å²) in [5, 5.41) is 12.3. The normalized spacial score (nSPS) is 17.7. The van der Waals surface area contributed by atoms with Gasteiger partial charge in [0.25, 0.3) is 5.91 Å². The van der Waals surface area contributed by atoms with E-state index in [-0.39, 0.29) is 17.8 Å². The van der Waals surface area contributed by atoms with Crippen molar-refractivity contribution in [3.63, 3.8) is 0 Å². The van der Waals surface area contributed by atoms with Crippen molar-refractivity contribution in [2.24, 2.45) is 0 Å². The van der Waals surface area contributed by atoms with Crippen molar-refractivity contribution in [3.05, 3.63) is 69.1 Å². The summed E-state index contributed by atoms with van der Waals surface area (Å²) in [5.41, 5.74) is 2.08. The number of Topliss-reactive ketones (excluding diaryl/α,β-unsaturated/α-hetero) is 1. The Morgan fingerprint density at radius 1 is 1.25 bits per heavy atom. The minimum Gasteiger partial charge on any atom is -0.503 e. The first-order chi connectivity index (χ1) is 11.5. The first kappa shape index (κ1) is 16.5. The second-order valence-corrected chi connectivity index (χ2v) is 6.84. The van der Waals surface area contributed by atoms with Crippen LogP contribution in [0.4, 0.5) is 0 Å². The zero-order chi connectivity index (χ0) is 17.3. The third-order valence-electron chi connectivity index (χ3n) is 4.31. The highest BCUT2D eigenvalue weighted by Crippen LogP contribution is 2.40. The molecule has 2 heterocycles. The number of ketones is 1. The minimum absolute atomic E-state index is 0.192. The molecular weight excluding hydrogens is 322 g/mol. The molecule has 0 aliphatic carbocycles. The average Bonchev–Trinajstić information content (AvgIpc) is 3.17. The molecule has 1 aromatic heterocycles. The Labute approximate surface area is 145 Å². The number of thiophene rings is 1. The van der Waals surface area contributed by atoms with E-state index in [1.807, 2.05) is 48.7 Å². The van der Waals surface area contributed by atoms with E-state index in [0.29, 0.717) is 6.54 Å². The van der Waals surface area contributed by atoms with Crippen molar-refractivity contribution in [2.45, 2.75) is 32.9 Å². The molecule has 0 saturated heterocycles. The fourth-order valence-electron chi connectivity index (χ4n) is 3.08. The van der Waals surface area contributed by atoms with E-state index in [1.54, 1.807) is 23.2 Å². The van der Waals surface area contributed by atoms with E-state index in [4.69, 9.17) is 0 Å². The fraction of sp³-hybridized carbons (Fsp3) is 0.263. The van der Waals surface area contributed by atoms with Crippen LogP contribution in [0.15, 0.2) is 53.1 Å². The van der Waals surface area contributed by atoms with Gasteiger partial charge in [0.15, 0.2) is 11.5 Å². The van der Waals surface area contributed by atoms with Crippen LogP contribution in [0.5, 0.6) is 0 Å². The van der Waals surface area contributed by atoms with Crippen LogP contribution in [0, 0.1) is 6.92 Å². The molecule has 4 nitrogen and oxygen atoms in total. The van der Waals surface area contributed by atoms with Crippen LogP contribution in [-0.2, 0) is 16.1 Å². The molecule has 1 N–H and O–H groups in total. The Hall–Kier alpha value is -2.40. The van der Waals surface area contributed by atoms with E-state index >= 15 is 0 Å². The van der Waals surface area contributed by atoms with Crippen LogP contribution < -0.4 is 0 Å². The number of nitrogens with zero attached hydrogens (tertiary/aromatic N) is 1. The first-order valence-corrected chi connectivity index (χ1v) is 8.77.